The van der Waals surface area contributed by atoms with Crippen LogP contribution in [0, 0.1) is 0 Å². The van der Waals surface area contributed by atoms with Crippen LogP contribution in [-0.4, -0.2) is 42.8 Å². The van der Waals surface area contributed by atoms with E-state index in [1.165, 1.54) is 0 Å². The predicted octanol–water partition coefficient (Wildman–Crippen LogP) is 2.98. The van der Waals surface area contributed by atoms with Gasteiger partial charge in [0, 0.05) is 25.3 Å². The smallest absolute Gasteiger partial charge is 0.312 e. The quantitative estimate of drug-likeness (QED) is 0.732. The Morgan fingerprint density at radius 3 is 2.46 bits per heavy atom. The molecule has 2 aromatic rings. The van der Waals surface area contributed by atoms with Gasteiger partial charge in [-0.05, 0) is 30.0 Å². The largest absolute Gasteiger partial charge is 0.481 e. The van der Waals surface area contributed by atoms with Crippen molar-refractivity contribution in [1.82, 2.24) is 5.32 Å². The van der Waals surface area contributed by atoms with Crippen molar-refractivity contribution >= 4 is 11.9 Å². The average Bonchev–Trinajstić information content (AvgIpc) is 2.74. The molecule has 0 aliphatic carbocycles. The molecule has 28 heavy (non-hydrogen) atoms. The molecule has 1 saturated heterocycles. The maximum Gasteiger partial charge on any atom is 0.312 e. The lowest BCUT2D eigenvalue weighted by Gasteiger charge is -2.23. The number of amides is 1. The number of hydrogen-bond acceptors (Lipinski definition) is 4. The van der Waals surface area contributed by atoms with Crippen LogP contribution in [0.15, 0.2) is 54.6 Å². The molecule has 1 aliphatic heterocycles. The van der Waals surface area contributed by atoms with Gasteiger partial charge in [-0.25, -0.2) is 0 Å². The van der Waals surface area contributed by atoms with Gasteiger partial charge in [-0.2, -0.15) is 0 Å². The minimum atomic E-state index is -0.970. The maximum absolute atomic E-state index is 12.7. The highest BCUT2D eigenvalue weighted by atomic mass is 16.5. The summed E-state index contributed by atoms with van der Waals surface area (Å²) in [6.07, 6.45) is 1.84. The second-order valence-electron chi connectivity index (χ2n) is 6.79. The van der Waals surface area contributed by atoms with Crippen molar-refractivity contribution in [3.05, 3.63) is 71.3 Å². The van der Waals surface area contributed by atoms with Crippen molar-refractivity contribution in [2.75, 3.05) is 19.8 Å². The molecule has 0 aromatic heterocycles. The number of ether oxygens (including phenoxy) is 2. The maximum atomic E-state index is 12.7. The molecule has 1 unspecified atom stereocenters. The number of carbonyl (C=O) groups excluding carboxylic acids is 1. The highest BCUT2D eigenvalue weighted by molar-refractivity contribution is 5.96. The lowest BCUT2D eigenvalue weighted by Crippen LogP contribution is -2.32. The van der Waals surface area contributed by atoms with Crippen LogP contribution in [0.4, 0.5) is 0 Å². The topological polar surface area (TPSA) is 84.9 Å². The molecule has 0 radical (unpaired) electrons. The molecule has 0 bridgehead atoms. The van der Waals surface area contributed by atoms with Gasteiger partial charge >= 0.3 is 5.97 Å². The average molecular weight is 383 g/mol. The first-order valence-corrected chi connectivity index (χ1v) is 9.48. The number of carboxylic acid groups (broad SMARTS) is 1. The summed E-state index contributed by atoms with van der Waals surface area (Å²) in [5, 5.41) is 12.3. The van der Waals surface area contributed by atoms with E-state index in [1.807, 2.05) is 18.2 Å². The molecule has 6 heteroatoms. The first-order valence-electron chi connectivity index (χ1n) is 9.48. The lowest BCUT2D eigenvalue weighted by molar-refractivity contribution is -0.138. The number of benzene rings is 2. The summed E-state index contributed by atoms with van der Waals surface area (Å²) in [6.45, 7) is 1.76. The lowest BCUT2D eigenvalue weighted by atomic mass is 9.99. The molecule has 2 aromatic carbocycles. The predicted molar refractivity (Wildman–Crippen MR) is 104 cm³/mol. The third-order valence-electron chi connectivity index (χ3n) is 4.87. The molecular weight excluding hydrogens is 358 g/mol. The highest BCUT2D eigenvalue weighted by Crippen LogP contribution is 2.18. The zero-order valence-corrected chi connectivity index (χ0v) is 15.7. The molecule has 6 nitrogen and oxygen atoms in total. The molecule has 0 spiro atoms. The Kier molecular flexibility index (Phi) is 7.17. The van der Waals surface area contributed by atoms with Gasteiger partial charge in [0.25, 0.3) is 5.91 Å². The Morgan fingerprint density at radius 1 is 1.07 bits per heavy atom. The minimum Gasteiger partial charge on any atom is -0.481 e. The second kappa shape index (κ2) is 10.0. The Labute approximate surface area is 164 Å². The summed E-state index contributed by atoms with van der Waals surface area (Å²) in [7, 11) is 0. The molecule has 2 N–H and O–H groups in total. The molecule has 1 atom stereocenters. The summed E-state index contributed by atoms with van der Waals surface area (Å²) < 4.78 is 11.3. The normalized spacial score (nSPS) is 15.7. The van der Waals surface area contributed by atoms with Crippen molar-refractivity contribution in [2.45, 2.75) is 31.5 Å². The van der Waals surface area contributed by atoms with Crippen LogP contribution >= 0.6 is 0 Å². The van der Waals surface area contributed by atoms with Crippen LogP contribution in [0.25, 0.3) is 0 Å². The van der Waals surface area contributed by atoms with E-state index in [9.17, 15) is 14.7 Å². The third kappa shape index (κ3) is 5.41. The van der Waals surface area contributed by atoms with Crippen LogP contribution in [0.2, 0.25) is 0 Å². The summed E-state index contributed by atoms with van der Waals surface area (Å²) in [4.78, 5) is 24.3. The van der Waals surface area contributed by atoms with Gasteiger partial charge in [0.15, 0.2) is 0 Å². The van der Waals surface area contributed by atoms with Gasteiger partial charge in [-0.3, -0.25) is 9.59 Å². The fraction of sp³-hybridized carbons (Fsp3) is 0.364. The van der Waals surface area contributed by atoms with E-state index in [-0.39, 0.29) is 18.6 Å². The van der Waals surface area contributed by atoms with E-state index in [2.05, 4.69) is 5.32 Å². The second-order valence-corrected chi connectivity index (χ2v) is 6.79. The highest BCUT2D eigenvalue weighted by Gasteiger charge is 2.22. The summed E-state index contributed by atoms with van der Waals surface area (Å²) in [5.74, 6) is -2.06. The summed E-state index contributed by atoms with van der Waals surface area (Å²) in [5.41, 5.74) is 1.95. The van der Waals surface area contributed by atoms with E-state index in [0.717, 1.165) is 18.4 Å². The molecule has 1 heterocycles. The third-order valence-corrected chi connectivity index (χ3v) is 4.87. The van der Waals surface area contributed by atoms with E-state index >= 15 is 0 Å². The Balaban J connectivity index is 1.62. The standard InChI is InChI=1S/C22H25NO5/c24-21(23-14-20(22(25)26)16-6-2-1-3-7-16)19-9-5-4-8-17(19)15-28-18-10-12-27-13-11-18/h1-9,18,20H,10-15H2,(H,23,24)(H,25,26). The van der Waals surface area contributed by atoms with Gasteiger partial charge in [0.1, 0.15) is 0 Å². The Morgan fingerprint density at radius 2 is 1.75 bits per heavy atom. The fourth-order valence-corrected chi connectivity index (χ4v) is 3.24. The van der Waals surface area contributed by atoms with E-state index in [1.54, 1.807) is 36.4 Å². The summed E-state index contributed by atoms with van der Waals surface area (Å²) in [6, 6.07) is 16.2. The molecule has 148 valence electrons. The minimum absolute atomic E-state index is 0.0212. The molecular formula is C22H25NO5. The van der Waals surface area contributed by atoms with Crippen molar-refractivity contribution in [3.8, 4) is 0 Å². The fourth-order valence-electron chi connectivity index (χ4n) is 3.24. The van der Waals surface area contributed by atoms with Gasteiger partial charge in [-0.15, -0.1) is 0 Å². The SMILES string of the molecule is O=C(NCC(C(=O)O)c1ccccc1)c1ccccc1COC1CCOCC1. The zero-order valence-electron chi connectivity index (χ0n) is 15.7. The van der Waals surface area contributed by atoms with Gasteiger partial charge in [0.05, 0.1) is 18.6 Å². The van der Waals surface area contributed by atoms with Crippen LogP contribution in [0.5, 0.6) is 0 Å². The van der Waals surface area contributed by atoms with Crippen molar-refractivity contribution in [2.24, 2.45) is 0 Å². The van der Waals surface area contributed by atoms with Crippen LogP contribution in [0.3, 0.4) is 0 Å². The first kappa shape index (κ1) is 20.0. The summed E-state index contributed by atoms with van der Waals surface area (Å²) >= 11 is 0. The van der Waals surface area contributed by atoms with Crippen molar-refractivity contribution in [3.63, 3.8) is 0 Å². The number of rotatable bonds is 8. The number of aliphatic carboxylic acids is 1. The Bertz CT molecular complexity index is 787. The van der Waals surface area contributed by atoms with E-state index in [0.29, 0.717) is 30.9 Å². The molecule has 1 amide bonds. The first-order chi connectivity index (χ1) is 13.6. The number of carbonyl (C=O) groups is 2. The number of carboxylic acids is 1. The molecule has 0 saturated carbocycles. The zero-order chi connectivity index (χ0) is 19.8. The van der Waals surface area contributed by atoms with E-state index in [4.69, 9.17) is 9.47 Å². The van der Waals surface area contributed by atoms with Crippen molar-refractivity contribution in [1.29, 1.82) is 0 Å². The molecule has 1 aliphatic rings. The van der Waals surface area contributed by atoms with E-state index < -0.39 is 11.9 Å². The number of nitrogens with one attached hydrogen (secondary N) is 1. The van der Waals surface area contributed by atoms with Gasteiger partial charge in [0.2, 0.25) is 0 Å². The molecule has 3 rings (SSSR count). The van der Waals surface area contributed by atoms with Gasteiger partial charge < -0.3 is 19.9 Å². The van der Waals surface area contributed by atoms with Crippen LogP contribution in [0.1, 0.15) is 40.2 Å². The Hall–Kier alpha value is -2.70. The van der Waals surface area contributed by atoms with Crippen molar-refractivity contribution < 1.29 is 24.2 Å². The molecule has 1 fully saturated rings. The number of hydrogen-bond donors (Lipinski definition) is 2. The monoisotopic (exact) mass is 383 g/mol. The van der Waals surface area contributed by atoms with Gasteiger partial charge in [-0.1, -0.05) is 48.5 Å². The van der Waals surface area contributed by atoms with Crippen LogP contribution < -0.4 is 5.32 Å². The van der Waals surface area contributed by atoms with Crippen LogP contribution in [-0.2, 0) is 20.9 Å².